The molecule has 0 aliphatic rings. The molecule has 0 bridgehead atoms. The van der Waals surface area contributed by atoms with Gasteiger partial charge in [0.15, 0.2) is 6.10 Å². The molecule has 6 heteroatoms. The zero-order valence-electron chi connectivity index (χ0n) is 10.9. The van der Waals surface area contributed by atoms with E-state index in [4.69, 9.17) is 4.74 Å². The Kier molecular flexibility index (Phi) is 7.62. The lowest BCUT2D eigenvalue weighted by atomic mass is 10.2. The van der Waals surface area contributed by atoms with Crippen molar-refractivity contribution < 1.29 is 28.6 Å². The van der Waals surface area contributed by atoms with E-state index in [1.54, 1.807) is 0 Å². The second kappa shape index (κ2) is 8.41. The molecule has 0 saturated carbocycles. The fourth-order valence-corrected chi connectivity index (χ4v) is 1.04. The highest BCUT2D eigenvalue weighted by Crippen LogP contribution is 2.08. The van der Waals surface area contributed by atoms with Gasteiger partial charge in [-0.25, -0.2) is 14.4 Å². The maximum absolute atomic E-state index is 11.6. The summed E-state index contributed by atoms with van der Waals surface area (Å²) in [6.07, 6.45) is -0.222. The van der Waals surface area contributed by atoms with E-state index in [-0.39, 0.29) is 18.6 Å². The van der Waals surface area contributed by atoms with Crippen LogP contribution in [0.25, 0.3) is 0 Å². The lowest BCUT2D eigenvalue weighted by Gasteiger charge is -2.15. The van der Waals surface area contributed by atoms with Gasteiger partial charge in [0.25, 0.3) is 0 Å². The summed E-state index contributed by atoms with van der Waals surface area (Å²) in [6, 6.07) is 0. The van der Waals surface area contributed by atoms with Crippen molar-refractivity contribution in [1.82, 2.24) is 0 Å². The highest BCUT2D eigenvalue weighted by molar-refractivity contribution is 5.92. The average molecular weight is 258 g/mol. The van der Waals surface area contributed by atoms with Gasteiger partial charge in [0.1, 0.15) is 6.61 Å². The summed E-state index contributed by atoms with van der Waals surface area (Å²) in [5, 5.41) is 0. The highest BCUT2D eigenvalue weighted by Gasteiger charge is 2.26. The van der Waals surface area contributed by atoms with Gasteiger partial charge in [-0.2, -0.15) is 0 Å². The molecule has 6 nitrogen and oxygen atoms in total. The molecule has 0 aromatic carbocycles. The van der Waals surface area contributed by atoms with Crippen LogP contribution in [-0.4, -0.2) is 37.7 Å². The Morgan fingerprint density at radius 2 is 1.89 bits per heavy atom. The molecular weight excluding hydrogens is 240 g/mol. The van der Waals surface area contributed by atoms with Crippen LogP contribution in [0, 0.1) is 0 Å². The Balaban J connectivity index is 4.49. The standard InChI is InChI=1S/C12H18O6/c1-5-6-9(17-11(14)8(2)3)12(15)18-10(13)7-16-4/h9H,2,5-7H2,1,3-4H3. The number of carbonyl (C=O) groups excluding carboxylic acids is 3. The summed E-state index contributed by atoms with van der Waals surface area (Å²) in [5.41, 5.74) is 0.173. The maximum atomic E-state index is 11.6. The molecule has 0 aliphatic carbocycles. The third-order valence-corrected chi connectivity index (χ3v) is 1.89. The number of hydrogen-bond donors (Lipinski definition) is 0. The van der Waals surface area contributed by atoms with Crippen molar-refractivity contribution in [2.24, 2.45) is 0 Å². The molecule has 0 amide bonds. The quantitative estimate of drug-likeness (QED) is 0.385. The van der Waals surface area contributed by atoms with Gasteiger partial charge in [-0.05, 0) is 13.3 Å². The first-order chi connectivity index (χ1) is 8.42. The first-order valence-electron chi connectivity index (χ1n) is 5.52. The van der Waals surface area contributed by atoms with Gasteiger partial charge in [0.2, 0.25) is 0 Å². The molecule has 18 heavy (non-hydrogen) atoms. The van der Waals surface area contributed by atoms with Crippen molar-refractivity contribution in [2.75, 3.05) is 13.7 Å². The van der Waals surface area contributed by atoms with Gasteiger partial charge in [0.05, 0.1) is 0 Å². The predicted molar refractivity (Wildman–Crippen MR) is 62.6 cm³/mol. The summed E-state index contributed by atoms with van der Waals surface area (Å²) < 4.78 is 13.9. The number of ether oxygens (including phenoxy) is 3. The normalized spacial score (nSPS) is 11.5. The highest BCUT2D eigenvalue weighted by atomic mass is 16.6. The summed E-state index contributed by atoms with van der Waals surface area (Å²) in [4.78, 5) is 33.9. The minimum atomic E-state index is -1.10. The van der Waals surface area contributed by atoms with Crippen LogP contribution in [-0.2, 0) is 28.6 Å². The summed E-state index contributed by atoms with van der Waals surface area (Å²) >= 11 is 0. The molecule has 0 radical (unpaired) electrons. The van der Waals surface area contributed by atoms with Crippen LogP contribution in [0.15, 0.2) is 12.2 Å². The topological polar surface area (TPSA) is 78.9 Å². The minimum absolute atomic E-state index is 0.173. The van der Waals surface area contributed by atoms with Crippen molar-refractivity contribution in [3.8, 4) is 0 Å². The fraction of sp³-hybridized carbons (Fsp3) is 0.583. The minimum Gasteiger partial charge on any atom is -0.447 e. The van der Waals surface area contributed by atoms with Gasteiger partial charge in [0, 0.05) is 12.7 Å². The third-order valence-electron chi connectivity index (χ3n) is 1.89. The maximum Gasteiger partial charge on any atom is 0.355 e. The monoisotopic (exact) mass is 258 g/mol. The van der Waals surface area contributed by atoms with Crippen molar-refractivity contribution >= 4 is 17.9 Å². The van der Waals surface area contributed by atoms with E-state index in [9.17, 15) is 14.4 Å². The van der Waals surface area contributed by atoms with Crippen LogP contribution >= 0.6 is 0 Å². The van der Waals surface area contributed by atoms with Crippen LogP contribution in [0.5, 0.6) is 0 Å². The predicted octanol–water partition coefficient (Wildman–Crippen LogP) is 0.991. The lowest BCUT2D eigenvalue weighted by molar-refractivity contribution is -0.174. The van der Waals surface area contributed by atoms with E-state index in [2.05, 4.69) is 16.1 Å². The molecule has 0 aromatic rings. The van der Waals surface area contributed by atoms with E-state index >= 15 is 0 Å². The third kappa shape index (κ3) is 6.15. The van der Waals surface area contributed by atoms with Gasteiger partial charge < -0.3 is 14.2 Å². The zero-order chi connectivity index (χ0) is 14.1. The molecule has 0 saturated heterocycles. The summed E-state index contributed by atoms with van der Waals surface area (Å²) in [7, 11) is 1.30. The van der Waals surface area contributed by atoms with E-state index in [0.29, 0.717) is 6.42 Å². The van der Waals surface area contributed by atoms with E-state index in [1.807, 2.05) is 6.92 Å². The fourth-order valence-electron chi connectivity index (χ4n) is 1.04. The van der Waals surface area contributed by atoms with Crippen LogP contribution < -0.4 is 0 Å². The average Bonchev–Trinajstić information content (AvgIpc) is 2.28. The summed E-state index contributed by atoms with van der Waals surface area (Å²) in [6.45, 7) is 6.35. The van der Waals surface area contributed by atoms with Crippen molar-refractivity contribution in [3.63, 3.8) is 0 Å². The van der Waals surface area contributed by atoms with Gasteiger partial charge >= 0.3 is 17.9 Å². The van der Waals surface area contributed by atoms with E-state index < -0.39 is 24.0 Å². The second-order valence-corrected chi connectivity index (χ2v) is 3.69. The van der Waals surface area contributed by atoms with E-state index in [1.165, 1.54) is 14.0 Å². The lowest BCUT2D eigenvalue weighted by Crippen LogP contribution is -2.32. The van der Waals surface area contributed by atoms with Gasteiger partial charge in [-0.1, -0.05) is 19.9 Å². The van der Waals surface area contributed by atoms with Crippen LogP contribution in [0.3, 0.4) is 0 Å². The Labute approximate surface area is 106 Å². The second-order valence-electron chi connectivity index (χ2n) is 3.69. The molecule has 0 aliphatic heterocycles. The Bertz CT molecular complexity index is 333. The zero-order valence-corrected chi connectivity index (χ0v) is 10.9. The van der Waals surface area contributed by atoms with Crippen molar-refractivity contribution in [2.45, 2.75) is 32.8 Å². The smallest absolute Gasteiger partial charge is 0.355 e. The van der Waals surface area contributed by atoms with Crippen LogP contribution in [0.4, 0.5) is 0 Å². The van der Waals surface area contributed by atoms with Gasteiger partial charge in [-0.15, -0.1) is 0 Å². The molecular formula is C12H18O6. The first kappa shape index (κ1) is 16.3. The van der Waals surface area contributed by atoms with Crippen LogP contribution in [0.2, 0.25) is 0 Å². The largest absolute Gasteiger partial charge is 0.447 e. The number of methoxy groups -OCH3 is 1. The number of carbonyl (C=O) groups is 3. The molecule has 0 heterocycles. The SMILES string of the molecule is C=C(C)C(=O)OC(CCC)C(=O)OC(=O)COC. The molecule has 0 aromatic heterocycles. The molecule has 0 spiro atoms. The van der Waals surface area contributed by atoms with E-state index in [0.717, 1.165) is 0 Å². The van der Waals surface area contributed by atoms with Crippen molar-refractivity contribution in [3.05, 3.63) is 12.2 Å². The summed E-state index contributed by atoms with van der Waals surface area (Å²) in [5.74, 6) is -2.41. The van der Waals surface area contributed by atoms with Crippen molar-refractivity contribution in [1.29, 1.82) is 0 Å². The number of hydrogen-bond acceptors (Lipinski definition) is 6. The van der Waals surface area contributed by atoms with Crippen LogP contribution in [0.1, 0.15) is 26.7 Å². The molecule has 1 unspecified atom stereocenters. The Hall–Kier alpha value is -1.69. The molecule has 0 fully saturated rings. The molecule has 1 atom stereocenters. The number of esters is 3. The molecule has 102 valence electrons. The Morgan fingerprint density at radius 1 is 1.28 bits per heavy atom. The Morgan fingerprint density at radius 3 is 2.33 bits per heavy atom. The molecule has 0 rings (SSSR count). The molecule has 0 N–H and O–H groups in total. The van der Waals surface area contributed by atoms with Gasteiger partial charge in [-0.3, -0.25) is 0 Å². The number of rotatable bonds is 7. The first-order valence-corrected chi connectivity index (χ1v) is 5.52.